The number of phosphoric acid groups is 4. The predicted octanol–water partition coefficient (Wildman–Crippen LogP) is 3.57. The lowest BCUT2D eigenvalue weighted by Gasteiger charge is -2.15. The molecule has 0 saturated carbocycles. The highest BCUT2D eigenvalue weighted by atomic mass is 31.3. The van der Waals surface area contributed by atoms with Crippen molar-refractivity contribution in [2.75, 3.05) is 7.05 Å². The summed E-state index contributed by atoms with van der Waals surface area (Å²) in [7, 11) is -21.7. The van der Waals surface area contributed by atoms with Crippen molar-refractivity contribution in [3.63, 3.8) is 0 Å². The van der Waals surface area contributed by atoms with Crippen LogP contribution in [0.25, 0.3) is 0 Å². The summed E-state index contributed by atoms with van der Waals surface area (Å²) in [4.78, 5) is 66.1. The molecule has 0 aliphatic carbocycles. The highest BCUT2D eigenvalue weighted by Crippen LogP contribution is 2.69. The van der Waals surface area contributed by atoms with Crippen LogP contribution in [0.1, 0.15) is 22.3 Å². The van der Waals surface area contributed by atoms with Gasteiger partial charge in [0.15, 0.2) is 7.05 Å². The van der Waals surface area contributed by atoms with Crippen LogP contribution in [0, 0.1) is 47.9 Å². The van der Waals surface area contributed by atoms with Crippen LogP contribution in [0.3, 0.4) is 0 Å². The highest BCUT2D eigenvalue weighted by molar-refractivity contribution is 7.69. The van der Waals surface area contributed by atoms with E-state index in [2.05, 4.69) is 89.2 Å². The van der Waals surface area contributed by atoms with Crippen LogP contribution in [0.2, 0.25) is 0 Å². The number of hydrogen-bond acceptors (Lipinski definition) is 11. The lowest BCUT2D eigenvalue weighted by Crippen LogP contribution is -1.95. The SMILES string of the molecule is C[N+](=O)[O-].Cc1ccccc1C.Cc1ccccc1C.O=P(O)(O)OP(=O)(O)OP(=O)(O)OP(=O)(O)O.O=[N+]([O-])O. The fourth-order valence-corrected chi connectivity index (χ4v) is 5.72. The fraction of sp³-hybridized carbons (Fsp3) is 0.294. The molecule has 0 aliphatic rings. The largest absolute Gasteiger partial charge is 0.490 e. The Hall–Kier alpha value is -2.40. The summed E-state index contributed by atoms with van der Waals surface area (Å²) in [6.07, 6.45) is 0. The Morgan fingerprint density at radius 3 is 0.878 bits per heavy atom. The van der Waals surface area contributed by atoms with Crippen LogP contribution in [0.5, 0.6) is 0 Å². The van der Waals surface area contributed by atoms with Crippen molar-refractivity contribution in [2.45, 2.75) is 27.7 Å². The summed E-state index contributed by atoms with van der Waals surface area (Å²) in [5.41, 5.74) is 5.47. The van der Waals surface area contributed by atoms with Gasteiger partial charge < -0.3 is 34.6 Å². The maximum atomic E-state index is 10.7. The summed E-state index contributed by atoms with van der Waals surface area (Å²) in [5, 5.41) is 22.4. The molecule has 2 rings (SSSR count). The van der Waals surface area contributed by atoms with Gasteiger partial charge >= 0.3 is 31.3 Å². The van der Waals surface area contributed by atoms with Crippen molar-refractivity contribution in [3.8, 4) is 0 Å². The molecule has 0 aromatic heterocycles. The molecule has 0 saturated heterocycles. The van der Waals surface area contributed by atoms with Crippen molar-refractivity contribution >= 4 is 31.3 Å². The standard InChI is InChI=1S/2C8H10.CH3NO2.HNO3.H6O13P4/c2*1-7-5-3-4-6-8(7)2;1-2(3)4;2-1(3)4;1-14(2,3)11-16(7,8)13-17(9,10)12-15(4,5)6/h2*3-6H,1-2H3;1H3;(H,2,3,4);(H,7,8)(H,9,10)(H2,1,2,3)(H2,4,5,6). The Morgan fingerprint density at radius 2 is 0.756 bits per heavy atom. The minimum absolute atomic E-state index is 0.500. The van der Waals surface area contributed by atoms with Gasteiger partial charge in [0.2, 0.25) is 0 Å². The van der Waals surface area contributed by atoms with Gasteiger partial charge in [-0.2, -0.15) is 12.9 Å². The lowest BCUT2D eigenvalue weighted by molar-refractivity contribution is -0.742. The molecule has 236 valence electrons. The number of rotatable bonds is 6. The minimum atomic E-state index is -5.77. The van der Waals surface area contributed by atoms with Crippen LogP contribution in [-0.2, 0) is 31.2 Å². The van der Waals surface area contributed by atoms with E-state index in [-0.39, 0.29) is 0 Å². The number of hydrogen-bond donors (Lipinski definition) is 7. The molecule has 7 N–H and O–H groups in total. The number of nitrogens with zero attached hydrogens (tertiary/aromatic N) is 2. The van der Waals surface area contributed by atoms with E-state index in [1.165, 1.54) is 22.3 Å². The summed E-state index contributed by atoms with van der Waals surface area (Å²) in [6, 6.07) is 16.7. The third kappa shape index (κ3) is 33.7. The van der Waals surface area contributed by atoms with Gasteiger partial charge in [0.05, 0.1) is 0 Å². The smallest absolute Gasteiger partial charge is 0.328 e. The first-order chi connectivity index (χ1) is 18.2. The summed E-state index contributed by atoms with van der Waals surface area (Å²) in [6.45, 7) is 8.48. The van der Waals surface area contributed by atoms with Gasteiger partial charge in [-0.25, -0.2) is 18.3 Å². The van der Waals surface area contributed by atoms with Crippen LogP contribution in [-0.4, -0.2) is 51.6 Å². The summed E-state index contributed by atoms with van der Waals surface area (Å²) < 4.78 is 50.9. The molecular weight excluding hydrogens is 644 g/mol. The second-order valence-electron chi connectivity index (χ2n) is 7.01. The first-order valence-electron chi connectivity index (χ1n) is 10.1. The highest BCUT2D eigenvalue weighted by Gasteiger charge is 2.43. The molecule has 2 aromatic carbocycles. The average molecular weight is 674 g/mol. The van der Waals surface area contributed by atoms with Crippen molar-refractivity contribution < 1.29 is 75.8 Å². The van der Waals surface area contributed by atoms with E-state index in [4.69, 9.17) is 54.8 Å². The van der Waals surface area contributed by atoms with E-state index >= 15 is 0 Å². The van der Waals surface area contributed by atoms with E-state index in [1.807, 2.05) is 0 Å². The molecule has 41 heavy (non-hydrogen) atoms. The van der Waals surface area contributed by atoms with E-state index < -0.39 is 41.3 Å². The van der Waals surface area contributed by atoms with Crippen molar-refractivity contribution in [1.29, 1.82) is 0 Å². The molecule has 20 nitrogen and oxygen atoms in total. The van der Waals surface area contributed by atoms with Crippen LogP contribution < -0.4 is 0 Å². The van der Waals surface area contributed by atoms with Crippen LogP contribution >= 0.6 is 31.3 Å². The zero-order valence-corrected chi connectivity index (χ0v) is 25.5. The molecule has 24 heteroatoms. The second-order valence-corrected chi connectivity index (χ2v) is 12.8. The fourth-order valence-electron chi connectivity index (χ4n) is 1.75. The first kappa shape index (κ1) is 43.1. The second kappa shape index (κ2) is 19.7. The van der Waals surface area contributed by atoms with E-state index in [9.17, 15) is 18.3 Å². The molecule has 2 unspecified atom stereocenters. The third-order valence-corrected chi connectivity index (χ3v) is 8.48. The first-order valence-corrected chi connectivity index (χ1v) is 16.1. The molecule has 2 atom stereocenters. The van der Waals surface area contributed by atoms with Gasteiger partial charge in [-0.1, -0.05) is 48.5 Å². The maximum Gasteiger partial charge on any atom is 0.490 e. The molecule has 0 bridgehead atoms. The van der Waals surface area contributed by atoms with Crippen molar-refractivity contribution in [2.24, 2.45) is 0 Å². The van der Waals surface area contributed by atoms with Gasteiger partial charge in [0.25, 0.3) is 5.09 Å². The Labute approximate surface area is 233 Å². The minimum Gasteiger partial charge on any atom is -0.328 e. The van der Waals surface area contributed by atoms with Gasteiger partial charge in [0.1, 0.15) is 0 Å². The molecule has 0 radical (unpaired) electrons. The lowest BCUT2D eigenvalue weighted by atomic mass is 10.1. The molecular formula is C17H30N2O18P4. The topological polar surface area (TPSA) is 324 Å². The number of benzene rings is 2. The Balaban J connectivity index is -0.000000499. The predicted molar refractivity (Wildman–Crippen MR) is 141 cm³/mol. The third-order valence-electron chi connectivity index (χ3n) is 3.48. The average Bonchev–Trinajstić information content (AvgIpc) is 2.68. The zero-order chi connectivity index (χ0) is 33.2. The van der Waals surface area contributed by atoms with Gasteiger partial charge in [0, 0.05) is 4.92 Å². The number of nitro groups is 1. The summed E-state index contributed by atoms with van der Waals surface area (Å²) in [5.74, 6) is 0. The van der Waals surface area contributed by atoms with Crippen LogP contribution in [0.15, 0.2) is 48.5 Å². The van der Waals surface area contributed by atoms with E-state index in [0.717, 1.165) is 7.05 Å². The van der Waals surface area contributed by atoms with E-state index in [0.29, 0.717) is 0 Å². The number of aryl methyl sites for hydroxylation is 4. The van der Waals surface area contributed by atoms with E-state index in [1.54, 1.807) is 0 Å². The normalized spacial score (nSPS) is 13.3. The van der Waals surface area contributed by atoms with Gasteiger partial charge in [-0.15, -0.1) is 10.1 Å². The Bertz CT molecular complexity index is 1150. The van der Waals surface area contributed by atoms with Crippen molar-refractivity contribution in [3.05, 3.63) is 91.0 Å². The monoisotopic (exact) mass is 674 g/mol. The quantitative estimate of drug-likeness (QED) is 0.131. The summed E-state index contributed by atoms with van der Waals surface area (Å²) >= 11 is 0. The van der Waals surface area contributed by atoms with Gasteiger partial charge in [-0.05, 0) is 49.9 Å². The maximum absolute atomic E-state index is 10.7. The molecule has 0 amide bonds. The molecule has 0 aliphatic heterocycles. The van der Waals surface area contributed by atoms with Crippen molar-refractivity contribution in [1.82, 2.24) is 0 Å². The molecule has 2 aromatic rings. The zero-order valence-electron chi connectivity index (χ0n) is 21.9. The molecule has 0 spiro atoms. The Morgan fingerprint density at radius 1 is 0.585 bits per heavy atom. The molecule has 0 fully saturated rings. The molecule has 0 heterocycles. The van der Waals surface area contributed by atoms with Gasteiger partial charge in [-0.3, -0.25) is 10.1 Å². The Kier molecular flexibility index (Phi) is 20.7. The van der Waals surface area contributed by atoms with Crippen LogP contribution in [0.4, 0.5) is 0 Å².